The van der Waals surface area contributed by atoms with Crippen molar-refractivity contribution in [3.63, 3.8) is 0 Å². The first-order valence-electron chi connectivity index (χ1n) is 9.39. The Hall–Kier alpha value is -2.82. The van der Waals surface area contributed by atoms with E-state index in [-0.39, 0.29) is 21.3 Å². The molecule has 0 aliphatic rings. The van der Waals surface area contributed by atoms with Crippen molar-refractivity contribution >= 4 is 32.8 Å². The molecule has 0 amide bonds. The third-order valence-electron chi connectivity index (χ3n) is 4.79. The lowest BCUT2D eigenvalue weighted by Crippen LogP contribution is -2.07. The standard InChI is InChI=1S/C22H16ClF3N2O3S2/c1-31-14-6-7-16(23)17(11-14)28-18(12-21(27-28)22(24,25)26)20-9-8-19(32-20)13-4-3-5-15(10-13)33(2,29)30/h3-12H,1-2H3. The molecule has 0 aliphatic heterocycles. The van der Waals surface area contributed by atoms with Crippen molar-refractivity contribution in [1.82, 2.24) is 9.78 Å². The second-order valence-electron chi connectivity index (χ2n) is 7.11. The van der Waals surface area contributed by atoms with Crippen molar-refractivity contribution in [2.75, 3.05) is 13.4 Å². The maximum Gasteiger partial charge on any atom is 0.435 e. The molecule has 0 saturated carbocycles. The minimum Gasteiger partial charge on any atom is -0.497 e. The van der Waals surface area contributed by atoms with Crippen LogP contribution in [-0.2, 0) is 16.0 Å². The molecule has 0 atom stereocenters. The zero-order valence-corrected chi connectivity index (χ0v) is 19.6. The Bertz CT molecular complexity index is 1440. The van der Waals surface area contributed by atoms with E-state index < -0.39 is 21.7 Å². The fourth-order valence-corrected chi connectivity index (χ4v) is 5.04. The SMILES string of the molecule is COc1ccc(Cl)c(-n2nc(C(F)(F)F)cc2-c2ccc(-c3cccc(S(C)(=O)=O)c3)s2)c1. The summed E-state index contributed by atoms with van der Waals surface area (Å²) in [5, 5.41) is 3.97. The van der Waals surface area contributed by atoms with Gasteiger partial charge in [-0.05, 0) is 48.0 Å². The molecule has 5 nitrogen and oxygen atoms in total. The normalized spacial score (nSPS) is 12.2. The van der Waals surface area contributed by atoms with Crippen molar-refractivity contribution in [2.45, 2.75) is 11.1 Å². The molecule has 0 fully saturated rings. The first kappa shape index (κ1) is 23.3. The van der Waals surface area contributed by atoms with E-state index in [0.29, 0.717) is 21.1 Å². The topological polar surface area (TPSA) is 61.2 Å². The highest BCUT2D eigenvalue weighted by molar-refractivity contribution is 7.90. The predicted octanol–water partition coefficient (Wildman–Crippen LogP) is 6.35. The lowest BCUT2D eigenvalue weighted by molar-refractivity contribution is -0.141. The quantitative estimate of drug-likeness (QED) is 0.312. The highest BCUT2D eigenvalue weighted by Crippen LogP contribution is 2.40. The summed E-state index contributed by atoms with van der Waals surface area (Å²) in [7, 11) is -1.97. The Morgan fingerprint density at radius 2 is 1.76 bits per heavy atom. The molecule has 0 spiro atoms. The average Bonchev–Trinajstić information content (AvgIpc) is 3.41. The van der Waals surface area contributed by atoms with Crippen LogP contribution in [0.15, 0.2) is 65.6 Å². The lowest BCUT2D eigenvalue weighted by atomic mass is 10.2. The fourth-order valence-electron chi connectivity index (χ4n) is 3.17. The number of nitrogens with zero attached hydrogens (tertiary/aromatic N) is 2. The molecule has 0 aliphatic carbocycles. The summed E-state index contributed by atoms with van der Waals surface area (Å²) in [5.74, 6) is 0.411. The maximum absolute atomic E-state index is 13.5. The molecule has 2 aromatic heterocycles. The van der Waals surface area contributed by atoms with Gasteiger partial charge in [0.1, 0.15) is 5.75 Å². The monoisotopic (exact) mass is 512 g/mol. The van der Waals surface area contributed by atoms with Crippen LogP contribution in [0.5, 0.6) is 5.75 Å². The van der Waals surface area contributed by atoms with Crippen LogP contribution in [0.3, 0.4) is 0 Å². The van der Waals surface area contributed by atoms with E-state index in [4.69, 9.17) is 16.3 Å². The first-order valence-corrected chi connectivity index (χ1v) is 12.5. The van der Waals surface area contributed by atoms with Gasteiger partial charge in [-0.25, -0.2) is 13.1 Å². The average molecular weight is 513 g/mol. The molecular weight excluding hydrogens is 497 g/mol. The van der Waals surface area contributed by atoms with Crippen LogP contribution in [0.25, 0.3) is 26.7 Å². The molecule has 33 heavy (non-hydrogen) atoms. The summed E-state index contributed by atoms with van der Waals surface area (Å²) in [6.45, 7) is 0. The summed E-state index contributed by atoms with van der Waals surface area (Å²) in [6.07, 6.45) is -3.55. The number of rotatable bonds is 5. The maximum atomic E-state index is 13.5. The molecule has 11 heteroatoms. The molecule has 0 N–H and O–H groups in total. The van der Waals surface area contributed by atoms with Gasteiger partial charge in [0.15, 0.2) is 15.5 Å². The van der Waals surface area contributed by atoms with Gasteiger partial charge >= 0.3 is 6.18 Å². The zero-order chi connectivity index (χ0) is 24.0. The fraction of sp³-hybridized carbons (Fsp3) is 0.136. The van der Waals surface area contributed by atoms with E-state index in [1.54, 1.807) is 30.3 Å². The van der Waals surface area contributed by atoms with Crippen molar-refractivity contribution in [3.05, 3.63) is 71.4 Å². The molecule has 0 bridgehead atoms. The van der Waals surface area contributed by atoms with Crippen molar-refractivity contribution in [3.8, 4) is 32.4 Å². The number of methoxy groups -OCH3 is 1. The third-order valence-corrected chi connectivity index (χ3v) is 7.37. The Morgan fingerprint density at radius 1 is 1.03 bits per heavy atom. The summed E-state index contributed by atoms with van der Waals surface area (Å²) in [5.41, 5.74) is -0.00959. The van der Waals surface area contributed by atoms with Crippen molar-refractivity contribution < 1.29 is 26.3 Å². The number of alkyl halides is 3. The predicted molar refractivity (Wildman–Crippen MR) is 122 cm³/mol. The minimum absolute atomic E-state index is 0.155. The Kier molecular flexibility index (Phi) is 6.02. The van der Waals surface area contributed by atoms with Crippen LogP contribution in [0, 0.1) is 0 Å². The van der Waals surface area contributed by atoms with Gasteiger partial charge in [-0.1, -0.05) is 23.7 Å². The molecule has 4 aromatic rings. The largest absolute Gasteiger partial charge is 0.497 e. The second kappa shape index (κ2) is 8.51. The number of ether oxygens (including phenoxy) is 1. The van der Waals surface area contributed by atoms with Crippen LogP contribution >= 0.6 is 22.9 Å². The number of thiophene rings is 1. The van der Waals surface area contributed by atoms with Gasteiger partial charge in [-0.15, -0.1) is 11.3 Å². The van der Waals surface area contributed by atoms with E-state index in [2.05, 4.69) is 5.10 Å². The van der Waals surface area contributed by atoms with Crippen molar-refractivity contribution in [2.24, 2.45) is 0 Å². The highest BCUT2D eigenvalue weighted by atomic mass is 35.5. The number of sulfone groups is 1. The number of halogens is 4. The summed E-state index contributed by atoms with van der Waals surface area (Å²) < 4.78 is 70.6. The molecule has 2 heterocycles. The van der Waals surface area contributed by atoms with Crippen LogP contribution in [0.2, 0.25) is 5.02 Å². The minimum atomic E-state index is -4.66. The van der Waals surface area contributed by atoms with Crippen molar-refractivity contribution in [1.29, 1.82) is 0 Å². The second-order valence-corrected chi connectivity index (χ2v) is 10.6. The number of hydrogen-bond donors (Lipinski definition) is 0. The van der Waals surface area contributed by atoms with Crippen LogP contribution in [0.4, 0.5) is 13.2 Å². The number of aromatic nitrogens is 2. The van der Waals surface area contributed by atoms with Gasteiger partial charge < -0.3 is 4.74 Å². The molecule has 0 unspecified atom stereocenters. The smallest absolute Gasteiger partial charge is 0.435 e. The summed E-state index contributed by atoms with van der Waals surface area (Å²) in [6, 6.07) is 15.3. The van der Waals surface area contributed by atoms with E-state index >= 15 is 0 Å². The highest BCUT2D eigenvalue weighted by Gasteiger charge is 2.35. The number of hydrogen-bond acceptors (Lipinski definition) is 5. The molecule has 2 aromatic carbocycles. The van der Waals surface area contributed by atoms with Gasteiger partial charge in [-0.2, -0.15) is 18.3 Å². The molecular formula is C22H16ClF3N2O3S2. The number of benzene rings is 2. The van der Waals surface area contributed by atoms with Crippen LogP contribution in [0.1, 0.15) is 5.69 Å². The Balaban J connectivity index is 1.86. The van der Waals surface area contributed by atoms with Gasteiger partial charge in [-0.3, -0.25) is 0 Å². The lowest BCUT2D eigenvalue weighted by Gasteiger charge is -2.10. The first-order chi connectivity index (χ1) is 15.5. The summed E-state index contributed by atoms with van der Waals surface area (Å²) in [4.78, 5) is 1.34. The zero-order valence-electron chi connectivity index (χ0n) is 17.2. The Labute approximate surface area is 196 Å². The Morgan fingerprint density at radius 3 is 2.42 bits per heavy atom. The van der Waals surface area contributed by atoms with Crippen LogP contribution < -0.4 is 4.74 Å². The third kappa shape index (κ3) is 4.78. The van der Waals surface area contributed by atoms with Gasteiger partial charge in [0.25, 0.3) is 0 Å². The van der Waals surface area contributed by atoms with E-state index in [9.17, 15) is 21.6 Å². The molecule has 0 saturated heterocycles. The van der Waals surface area contributed by atoms with E-state index in [0.717, 1.165) is 17.0 Å². The molecule has 4 rings (SSSR count). The molecule has 0 radical (unpaired) electrons. The molecule has 172 valence electrons. The van der Waals surface area contributed by atoms with Gasteiger partial charge in [0.05, 0.1) is 33.3 Å². The van der Waals surface area contributed by atoms with E-state index in [1.807, 2.05) is 0 Å². The summed E-state index contributed by atoms with van der Waals surface area (Å²) >= 11 is 7.49. The van der Waals surface area contributed by atoms with Gasteiger partial charge in [0, 0.05) is 17.2 Å². The van der Waals surface area contributed by atoms with E-state index in [1.165, 1.54) is 42.7 Å². The van der Waals surface area contributed by atoms with Gasteiger partial charge in [0.2, 0.25) is 0 Å². The van der Waals surface area contributed by atoms with Crippen LogP contribution in [-0.4, -0.2) is 31.6 Å².